The summed E-state index contributed by atoms with van der Waals surface area (Å²) in [5.41, 5.74) is -2.27. The van der Waals surface area contributed by atoms with E-state index in [9.17, 15) is 18.0 Å². The number of benzene rings is 1. The number of nitriles is 1. The highest BCUT2D eigenvalue weighted by molar-refractivity contribution is 7.81. The van der Waals surface area contributed by atoms with Crippen LogP contribution < -0.4 is 14.5 Å². The summed E-state index contributed by atoms with van der Waals surface area (Å²) < 4.78 is 61.6. The van der Waals surface area contributed by atoms with Gasteiger partial charge >= 0.3 is 6.18 Å². The van der Waals surface area contributed by atoms with E-state index in [2.05, 4.69) is 9.88 Å². The van der Waals surface area contributed by atoms with Crippen molar-refractivity contribution in [1.82, 2.24) is 9.88 Å². The average Bonchev–Trinajstić information content (AvgIpc) is 2.97. The van der Waals surface area contributed by atoms with Crippen LogP contribution in [0.5, 0.6) is 5.75 Å². The second-order valence-electron chi connectivity index (χ2n) is 8.70. The van der Waals surface area contributed by atoms with E-state index in [1.54, 1.807) is 6.07 Å². The van der Waals surface area contributed by atoms with E-state index < -0.39 is 29.2 Å². The second-order valence-corrected chi connectivity index (χ2v) is 9.07. The number of carbonyl (C=O) groups is 1. The van der Waals surface area contributed by atoms with Gasteiger partial charge in [-0.3, -0.25) is 9.69 Å². The summed E-state index contributed by atoms with van der Waals surface area (Å²) in [4.78, 5) is 20.9. The first kappa shape index (κ1) is 25.8. The molecule has 0 spiro atoms. The van der Waals surface area contributed by atoms with Gasteiger partial charge in [-0.15, -0.1) is 0 Å². The molecule has 12 heteroatoms. The molecular formula is C24H23F4N5O2S. The van der Waals surface area contributed by atoms with Gasteiger partial charge in [-0.25, -0.2) is 9.37 Å². The van der Waals surface area contributed by atoms with Crippen LogP contribution in [0.1, 0.15) is 36.9 Å². The van der Waals surface area contributed by atoms with Crippen LogP contribution in [0.3, 0.4) is 0 Å². The summed E-state index contributed by atoms with van der Waals surface area (Å²) in [7, 11) is 2.03. The number of anilines is 2. The SMILES string of the molecule is CN1CCC(Oc2ccc(N3CCCC(=O)N(c4cnc(C#N)c(C(F)(F)F)c4)C3=S)c(F)c2)CC1. The van der Waals surface area contributed by atoms with Gasteiger partial charge in [0.25, 0.3) is 0 Å². The number of thiocarbonyl (C=S) groups is 1. The Morgan fingerprint density at radius 1 is 1.19 bits per heavy atom. The zero-order chi connectivity index (χ0) is 26.0. The zero-order valence-corrected chi connectivity index (χ0v) is 20.2. The molecule has 0 radical (unpaired) electrons. The van der Waals surface area contributed by atoms with Crippen LogP contribution in [0.2, 0.25) is 0 Å². The van der Waals surface area contributed by atoms with Crippen LogP contribution in [0.15, 0.2) is 30.5 Å². The number of alkyl halides is 3. The fourth-order valence-electron chi connectivity index (χ4n) is 4.26. The Balaban J connectivity index is 1.62. The molecule has 1 aromatic carbocycles. The lowest BCUT2D eigenvalue weighted by Crippen LogP contribution is -2.44. The van der Waals surface area contributed by atoms with E-state index in [1.165, 1.54) is 23.1 Å². The number of nitrogens with zero attached hydrogens (tertiary/aromatic N) is 5. The molecule has 2 fully saturated rings. The monoisotopic (exact) mass is 521 g/mol. The van der Waals surface area contributed by atoms with E-state index in [4.69, 9.17) is 22.2 Å². The Hall–Kier alpha value is -3.30. The molecule has 0 unspecified atom stereocenters. The van der Waals surface area contributed by atoms with Gasteiger partial charge in [0.2, 0.25) is 5.91 Å². The lowest BCUT2D eigenvalue weighted by molar-refractivity contribution is -0.138. The molecule has 0 N–H and O–H groups in total. The molecule has 2 aromatic rings. The van der Waals surface area contributed by atoms with Crippen LogP contribution in [0, 0.1) is 17.1 Å². The molecule has 2 aliphatic rings. The number of halogens is 4. The van der Waals surface area contributed by atoms with Gasteiger partial charge in [-0.05, 0) is 56.7 Å². The topological polar surface area (TPSA) is 72.7 Å². The second kappa shape index (κ2) is 10.4. The first-order chi connectivity index (χ1) is 17.1. The minimum atomic E-state index is -4.86. The summed E-state index contributed by atoms with van der Waals surface area (Å²) in [6, 6.07) is 6.41. The number of rotatable bonds is 4. The molecule has 0 aliphatic carbocycles. The smallest absolute Gasteiger partial charge is 0.419 e. The van der Waals surface area contributed by atoms with Gasteiger partial charge in [0.05, 0.1) is 23.1 Å². The van der Waals surface area contributed by atoms with Crippen molar-refractivity contribution >= 4 is 34.6 Å². The molecule has 0 bridgehead atoms. The number of pyridine rings is 1. The Bertz CT molecular complexity index is 1210. The van der Waals surface area contributed by atoms with E-state index in [0.717, 1.165) is 37.0 Å². The number of hydrogen-bond acceptors (Lipinski definition) is 6. The van der Waals surface area contributed by atoms with Crippen molar-refractivity contribution < 1.29 is 27.1 Å². The summed E-state index contributed by atoms with van der Waals surface area (Å²) in [5.74, 6) is -0.818. The molecule has 3 heterocycles. The van der Waals surface area contributed by atoms with Crippen LogP contribution in [-0.2, 0) is 11.0 Å². The van der Waals surface area contributed by atoms with Gasteiger partial charge in [-0.2, -0.15) is 18.4 Å². The maximum absolute atomic E-state index is 15.2. The largest absolute Gasteiger partial charge is 0.490 e. The third kappa shape index (κ3) is 5.42. The van der Waals surface area contributed by atoms with Crippen molar-refractivity contribution in [3.8, 4) is 11.8 Å². The molecule has 0 saturated carbocycles. The number of carbonyl (C=O) groups excluding carboxylic acids is 1. The van der Waals surface area contributed by atoms with Gasteiger partial charge in [0.1, 0.15) is 17.9 Å². The van der Waals surface area contributed by atoms with Gasteiger partial charge in [0, 0.05) is 32.1 Å². The number of hydrogen-bond donors (Lipinski definition) is 0. The first-order valence-corrected chi connectivity index (χ1v) is 11.8. The lowest BCUT2D eigenvalue weighted by Gasteiger charge is -2.31. The fraction of sp³-hybridized carbons (Fsp3) is 0.417. The van der Waals surface area contributed by atoms with E-state index in [-0.39, 0.29) is 35.6 Å². The molecule has 190 valence electrons. The molecule has 2 aliphatic heterocycles. The quantitative estimate of drug-likeness (QED) is 0.433. The third-order valence-corrected chi connectivity index (χ3v) is 6.57. The number of ether oxygens (including phenoxy) is 1. The summed E-state index contributed by atoms with van der Waals surface area (Å²) in [5, 5.41) is 8.83. The standard InChI is InChI=1S/C24H23F4N5O2S/c1-31-9-6-16(7-10-31)35-17-4-5-21(19(25)12-17)32-8-2-3-22(34)33(23(32)36)15-11-18(24(26,27)28)20(13-29)30-14-15/h4-5,11-12,14,16H,2-3,6-10H2,1H3. The molecule has 1 amide bonds. The highest BCUT2D eigenvalue weighted by Crippen LogP contribution is 2.35. The third-order valence-electron chi connectivity index (χ3n) is 6.16. The number of aromatic nitrogens is 1. The normalized spacial score (nSPS) is 18.2. The van der Waals surface area contributed by atoms with E-state index in [1.807, 2.05) is 7.05 Å². The van der Waals surface area contributed by atoms with Gasteiger partial charge in [-0.1, -0.05) is 0 Å². The Kier molecular flexibility index (Phi) is 7.42. The number of likely N-dealkylation sites (tertiary alicyclic amines) is 1. The van der Waals surface area contributed by atoms with E-state index >= 15 is 4.39 Å². The Morgan fingerprint density at radius 2 is 1.92 bits per heavy atom. The minimum absolute atomic E-state index is 0.0169. The van der Waals surface area contributed by atoms with E-state index in [0.29, 0.717) is 18.2 Å². The molecule has 1 aromatic heterocycles. The maximum Gasteiger partial charge on any atom is 0.419 e. The molecular weight excluding hydrogens is 498 g/mol. The molecule has 0 atom stereocenters. The minimum Gasteiger partial charge on any atom is -0.490 e. The highest BCUT2D eigenvalue weighted by Gasteiger charge is 2.37. The van der Waals surface area contributed by atoms with Crippen molar-refractivity contribution in [3.05, 3.63) is 47.5 Å². The number of piperidine rings is 1. The number of amides is 1. The molecule has 4 rings (SSSR count). The van der Waals surface area contributed by atoms with Crippen LogP contribution in [0.4, 0.5) is 28.9 Å². The van der Waals surface area contributed by atoms with Crippen molar-refractivity contribution in [3.63, 3.8) is 0 Å². The zero-order valence-electron chi connectivity index (χ0n) is 19.4. The van der Waals surface area contributed by atoms with Gasteiger partial charge in [0.15, 0.2) is 16.6 Å². The highest BCUT2D eigenvalue weighted by atomic mass is 32.1. The lowest BCUT2D eigenvalue weighted by atomic mass is 10.1. The summed E-state index contributed by atoms with van der Waals surface area (Å²) >= 11 is 5.46. The van der Waals surface area contributed by atoms with Gasteiger partial charge < -0.3 is 14.5 Å². The Morgan fingerprint density at radius 3 is 2.56 bits per heavy atom. The maximum atomic E-state index is 15.2. The van der Waals surface area contributed by atoms with Crippen LogP contribution in [-0.4, -0.2) is 53.7 Å². The van der Waals surface area contributed by atoms with Crippen molar-refractivity contribution in [2.75, 3.05) is 36.5 Å². The van der Waals surface area contributed by atoms with Crippen LogP contribution in [0.25, 0.3) is 0 Å². The van der Waals surface area contributed by atoms with Crippen molar-refractivity contribution in [1.29, 1.82) is 5.26 Å². The molecule has 36 heavy (non-hydrogen) atoms. The predicted molar refractivity (Wildman–Crippen MR) is 128 cm³/mol. The molecule has 7 nitrogen and oxygen atoms in total. The van der Waals surface area contributed by atoms with Crippen molar-refractivity contribution in [2.45, 2.75) is 38.0 Å². The van der Waals surface area contributed by atoms with Crippen LogP contribution >= 0.6 is 12.2 Å². The summed E-state index contributed by atoms with van der Waals surface area (Å²) in [6.45, 7) is 1.96. The average molecular weight is 522 g/mol. The summed E-state index contributed by atoms with van der Waals surface area (Å²) in [6.07, 6.45) is -1.96. The fourth-order valence-corrected chi connectivity index (χ4v) is 4.65. The Labute approximate surface area is 210 Å². The predicted octanol–water partition coefficient (Wildman–Crippen LogP) is 4.50. The molecule has 2 saturated heterocycles. The van der Waals surface area contributed by atoms with Crippen molar-refractivity contribution in [2.24, 2.45) is 0 Å². The first-order valence-electron chi connectivity index (χ1n) is 11.3.